The summed E-state index contributed by atoms with van der Waals surface area (Å²) in [6.45, 7) is 11.2. The van der Waals surface area contributed by atoms with Gasteiger partial charge in [-0.15, -0.1) is 0 Å². The van der Waals surface area contributed by atoms with E-state index in [0.29, 0.717) is 19.3 Å². The average Bonchev–Trinajstić information content (AvgIpc) is 3.11. The highest BCUT2D eigenvalue weighted by Gasteiger charge is 2.19. The van der Waals surface area contributed by atoms with Crippen LogP contribution in [-0.4, -0.2) is 37.2 Å². The molecule has 1 atom stereocenters. The van der Waals surface area contributed by atoms with Gasteiger partial charge in [-0.2, -0.15) is 0 Å². The molecule has 0 aliphatic carbocycles. The molecule has 0 aromatic carbocycles. The van der Waals surface area contributed by atoms with E-state index in [0.717, 1.165) is 76.0 Å². The van der Waals surface area contributed by atoms with Gasteiger partial charge in [-0.05, 0) is 31.1 Å². The lowest BCUT2D eigenvalue weighted by Gasteiger charge is -2.18. The summed E-state index contributed by atoms with van der Waals surface area (Å²) in [6.07, 6.45) is 37.0. The topological polar surface area (TPSA) is 78.9 Å². The van der Waals surface area contributed by atoms with E-state index < -0.39 is 6.10 Å². The molecule has 0 N–H and O–H groups in total. The van der Waals surface area contributed by atoms with Crippen molar-refractivity contribution >= 4 is 17.9 Å². The van der Waals surface area contributed by atoms with Gasteiger partial charge in [0.1, 0.15) is 13.2 Å². The van der Waals surface area contributed by atoms with Crippen molar-refractivity contribution in [2.24, 2.45) is 11.8 Å². The molecule has 308 valence electrons. The number of ether oxygens (including phenoxy) is 3. The molecule has 0 spiro atoms. The van der Waals surface area contributed by atoms with E-state index in [1.807, 2.05) is 0 Å². The van der Waals surface area contributed by atoms with Crippen LogP contribution in [0.5, 0.6) is 0 Å². The molecule has 0 saturated heterocycles. The van der Waals surface area contributed by atoms with Gasteiger partial charge in [0, 0.05) is 19.3 Å². The molecule has 0 radical (unpaired) electrons. The quantitative estimate of drug-likeness (QED) is 0.0354. The summed E-state index contributed by atoms with van der Waals surface area (Å²) in [5.41, 5.74) is 0. The Morgan fingerprint density at radius 2 is 0.635 bits per heavy atom. The Morgan fingerprint density at radius 1 is 0.365 bits per heavy atom. The summed E-state index contributed by atoms with van der Waals surface area (Å²) in [4.78, 5) is 37.4. The van der Waals surface area contributed by atoms with Crippen molar-refractivity contribution < 1.29 is 28.6 Å². The molecule has 0 bridgehead atoms. The molecule has 0 aliphatic rings. The van der Waals surface area contributed by atoms with Crippen LogP contribution >= 0.6 is 0 Å². The van der Waals surface area contributed by atoms with Gasteiger partial charge < -0.3 is 14.2 Å². The van der Waals surface area contributed by atoms with Crippen LogP contribution in [0.4, 0.5) is 0 Å². The Morgan fingerprint density at radius 3 is 0.942 bits per heavy atom. The van der Waals surface area contributed by atoms with Crippen molar-refractivity contribution in [3.63, 3.8) is 0 Å². The summed E-state index contributed by atoms with van der Waals surface area (Å²) in [5.74, 6) is 0.757. The van der Waals surface area contributed by atoms with E-state index in [1.54, 1.807) is 0 Å². The van der Waals surface area contributed by atoms with Crippen LogP contribution in [0, 0.1) is 11.8 Å². The molecule has 52 heavy (non-hydrogen) atoms. The van der Waals surface area contributed by atoms with Gasteiger partial charge in [0.2, 0.25) is 0 Å². The molecular weight excluding hydrogens is 649 g/mol. The third-order valence-corrected chi connectivity index (χ3v) is 10.2. The van der Waals surface area contributed by atoms with Crippen LogP contribution < -0.4 is 0 Å². The molecule has 0 aromatic heterocycles. The molecule has 0 saturated carbocycles. The number of unbranched alkanes of at least 4 members (excludes halogenated alkanes) is 25. The number of rotatable bonds is 40. The van der Waals surface area contributed by atoms with Crippen LogP contribution in [0.25, 0.3) is 0 Å². The first-order valence-electron chi connectivity index (χ1n) is 22.7. The molecule has 6 nitrogen and oxygen atoms in total. The largest absolute Gasteiger partial charge is 0.462 e. The predicted octanol–water partition coefficient (Wildman–Crippen LogP) is 14.2. The average molecular weight is 737 g/mol. The van der Waals surface area contributed by atoms with E-state index >= 15 is 0 Å². The SMILES string of the molecule is CCCCCCCC(=O)OC[C@H](COC(=O)CCCCCCCCCCCCCCCCCCC(C)C)OC(=O)CCCCCCCCCC(C)C. The van der Waals surface area contributed by atoms with Crippen LogP contribution in [0.15, 0.2) is 0 Å². The molecule has 0 rings (SSSR count). The summed E-state index contributed by atoms with van der Waals surface area (Å²) >= 11 is 0. The van der Waals surface area contributed by atoms with E-state index in [1.165, 1.54) is 128 Å². The molecule has 0 aromatic rings. The predicted molar refractivity (Wildman–Crippen MR) is 220 cm³/mol. The molecule has 0 unspecified atom stereocenters. The van der Waals surface area contributed by atoms with Crippen molar-refractivity contribution in [2.75, 3.05) is 13.2 Å². The highest BCUT2D eigenvalue weighted by molar-refractivity contribution is 5.71. The fourth-order valence-electron chi connectivity index (χ4n) is 6.75. The lowest BCUT2D eigenvalue weighted by atomic mass is 10.0. The molecular formula is C46H88O6. The zero-order chi connectivity index (χ0) is 38.3. The van der Waals surface area contributed by atoms with E-state index in [-0.39, 0.29) is 31.1 Å². The second kappa shape index (κ2) is 39.1. The highest BCUT2D eigenvalue weighted by atomic mass is 16.6. The Kier molecular flexibility index (Phi) is 37.9. The zero-order valence-electron chi connectivity index (χ0n) is 35.4. The number of carbonyl (C=O) groups excluding carboxylic acids is 3. The van der Waals surface area contributed by atoms with Gasteiger partial charge in [-0.3, -0.25) is 14.4 Å². The fraction of sp³-hybridized carbons (Fsp3) is 0.935. The number of esters is 3. The van der Waals surface area contributed by atoms with Crippen molar-refractivity contribution in [2.45, 2.75) is 253 Å². The van der Waals surface area contributed by atoms with E-state index in [9.17, 15) is 14.4 Å². The molecule has 0 amide bonds. The number of hydrogen-bond acceptors (Lipinski definition) is 6. The first kappa shape index (κ1) is 50.4. The second-order valence-corrected chi connectivity index (χ2v) is 16.6. The first-order chi connectivity index (χ1) is 25.2. The van der Waals surface area contributed by atoms with Crippen molar-refractivity contribution in [1.29, 1.82) is 0 Å². The van der Waals surface area contributed by atoms with Gasteiger partial charge in [-0.1, -0.05) is 208 Å². The van der Waals surface area contributed by atoms with Crippen molar-refractivity contribution in [1.82, 2.24) is 0 Å². The summed E-state index contributed by atoms with van der Waals surface area (Å²) < 4.78 is 16.6. The number of hydrogen-bond donors (Lipinski definition) is 0. The lowest BCUT2D eigenvalue weighted by molar-refractivity contribution is -0.167. The Balaban J connectivity index is 4.09. The normalized spacial score (nSPS) is 12.1. The lowest BCUT2D eigenvalue weighted by Crippen LogP contribution is -2.30. The van der Waals surface area contributed by atoms with Gasteiger partial charge in [-0.25, -0.2) is 0 Å². The smallest absolute Gasteiger partial charge is 0.306 e. The zero-order valence-corrected chi connectivity index (χ0v) is 35.4. The molecule has 0 heterocycles. The van der Waals surface area contributed by atoms with Gasteiger partial charge in [0.15, 0.2) is 6.10 Å². The monoisotopic (exact) mass is 737 g/mol. The first-order valence-corrected chi connectivity index (χ1v) is 22.7. The van der Waals surface area contributed by atoms with Gasteiger partial charge >= 0.3 is 17.9 Å². The minimum atomic E-state index is -0.758. The second-order valence-electron chi connectivity index (χ2n) is 16.6. The Bertz CT molecular complexity index is 794. The summed E-state index contributed by atoms with van der Waals surface area (Å²) in [5, 5.41) is 0. The molecule has 0 aliphatic heterocycles. The summed E-state index contributed by atoms with van der Waals surface area (Å²) in [7, 11) is 0. The molecule has 0 fully saturated rings. The highest BCUT2D eigenvalue weighted by Crippen LogP contribution is 2.17. The van der Waals surface area contributed by atoms with Gasteiger partial charge in [0.25, 0.3) is 0 Å². The standard InChI is InChI=1S/C46H88O6/c1-6-7-8-24-31-36-44(47)50-39-43(52-46(49)38-33-28-23-19-21-26-30-35-42(4)5)40-51-45(48)37-32-27-22-18-16-14-12-10-9-11-13-15-17-20-25-29-34-41(2)3/h41-43H,6-40H2,1-5H3/t43-/m1/s1. The fourth-order valence-corrected chi connectivity index (χ4v) is 6.75. The van der Waals surface area contributed by atoms with Crippen LogP contribution in [0.2, 0.25) is 0 Å². The van der Waals surface area contributed by atoms with E-state index in [2.05, 4.69) is 34.6 Å². The maximum absolute atomic E-state index is 12.6. The van der Waals surface area contributed by atoms with Crippen molar-refractivity contribution in [3.8, 4) is 0 Å². The molecule has 6 heteroatoms. The number of carbonyl (C=O) groups is 3. The minimum Gasteiger partial charge on any atom is -0.462 e. The van der Waals surface area contributed by atoms with Crippen LogP contribution in [0.3, 0.4) is 0 Å². The third-order valence-electron chi connectivity index (χ3n) is 10.2. The maximum atomic E-state index is 12.6. The van der Waals surface area contributed by atoms with E-state index in [4.69, 9.17) is 14.2 Å². The van der Waals surface area contributed by atoms with Crippen LogP contribution in [-0.2, 0) is 28.6 Å². The Hall–Kier alpha value is -1.59. The minimum absolute atomic E-state index is 0.0663. The maximum Gasteiger partial charge on any atom is 0.306 e. The summed E-state index contributed by atoms with van der Waals surface area (Å²) in [6, 6.07) is 0. The van der Waals surface area contributed by atoms with Crippen molar-refractivity contribution in [3.05, 3.63) is 0 Å². The van der Waals surface area contributed by atoms with Gasteiger partial charge in [0.05, 0.1) is 0 Å². The van der Waals surface area contributed by atoms with Crippen LogP contribution in [0.1, 0.15) is 247 Å². The Labute approximate surface area is 323 Å². The third kappa shape index (κ3) is 39.6.